The maximum absolute atomic E-state index is 12.4. The molecule has 0 radical (unpaired) electrons. The van der Waals surface area contributed by atoms with Crippen molar-refractivity contribution in [1.82, 2.24) is 14.5 Å². The highest BCUT2D eigenvalue weighted by Crippen LogP contribution is 2.18. The molecule has 2 fully saturated rings. The van der Waals surface area contributed by atoms with E-state index in [4.69, 9.17) is 0 Å². The van der Waals surface area contributed by atoms with Crippen molar-refractivity contribution in [2.45, 2.75) is 19.3 Å². The van der Waals surface area contributed by atoms with Crippen molar-refractivity contribution in [3.05, 3.63) is 0 Å². The lowest BCUT2D eigenvalue weighted by atomic mass is 10.0. The number of nitrogens with one attached hydrogen (secondary N) is 1. The van der Waals surface area contributed by atoms with Crippen molar-refractivity contribution < 1.29 is 13.2 Å². The number of piperidine rings is 1. The predicted octanol–water partition coefficient (Wildman–Crippen LogP) is -0.520. The van der Waals surface area contributed by atoms with Gasteiger partial charge in [0.2, 0.25) is 15.9 Å². The maximum atomic E-state index is 12.4. The summed E-state index contributed by atoms with van der Waals surface area (Å²) in [6.07, 6.45) is 2.52. The fourth-order valence-electron chi connectivity index (χ4n) is 2.65. The van der Waals surface area contributed by atoms with Crippen LogP contribution in [0.5, 0.6) is 0 Å². The number of nitrogens with zero attached hydrogens (tertiary/aromatic N) is 2. The molecule has 0 bridgehead atoms. The zero-order valence-electron chi connectivity index (χ0n) is 11.5. The van der Waals surface area contributed by atoms with E-state index in [1.807, 2.05) is 0 Å². The van der Waals surface area contributed by atoms with Crippen LogP contribution >= 0.6 is 0 Å². The van der Waals surface area contributed by atoms with Crippen molar-refractivity contribution in [3.63, 3.8) is 0 Å². The summed E-state index contributed by atoms with van der Waals surface area (Å²) in [7, 11) is -1.58. The van der Waals surface area contributed by atoms with Gasteiger partial charge in [0.25, 0.3) is 0 Å². The Bertz CT molecular complexity index is 418. The van der Waals surface area contributed by atoms with Crippen LogP contribution in [0.4, 0.5) is 0 Å². The van der Waals surface area contributed by atoms with E-state index in [0.29, 0.717) is 19.5 Å². The minimum absolute atomic E-state index is 0.00377. The number of likely N-dealkylation sites (N-methyl/N-ethyl adjacent to an activating group) is 1. The molecule has 0 saturated carbocycles. The minimum atomic E-state index is -3.30. The van der Waals surface area contributed by atoms with E-state index in [0.717, 1.165) is 25.9 Å². The normalized spacial score (nSPS) is 24.5. The molecular weight excluding hydrogens is 266 g/mol. The lowest BCUT2D eigenvalue weighted by Crippen LogP contribution is -2.41. The number of sulfonamides is 1. The molecule has 0 aromatic carbocycles. The van der Waals surface area contributed by atoms with Crippen LogP contribution in [0.2, 0.25) is 0 Å². The van der Waals surface area contributed by atoms with E-state index in [9.17, 15) is 13.2 Å². The zero-order valence-corrected chi connectivity index (χ0v) is 12.3. The number of carbonyl (C=O) groups is 1. The molecule has 6 nitrogen and oxygen atoms in total. The Kier molecular flexibility index (Phi) is 4.81. The second kappa shape index (κ2) is 6.19. The van der Waals surface area contributed by atoms with E-state index >= 15 is 0 Å². The van der Waals surface area contributed by atoms with Gasteiger partial charge in [0.1, 0.15) is 0 Å². The molecule has 1 N–H and O–H groups in total. The first-order valence-corrected chi connectivity index (χ1v) is 8.52. The van der Waals surface area contributed by atoms with E-state index in [2.05, 4.69) is 5.32 Å². The number of carbonyl (C=O) groups excluding carboxylic acids is 1. The fraction of sp³-hybridized carbons (Fsp3) is 0.917. The summed E-state index contributed by atoms with van der Waals surface area (Å²) in [5.41, 5.74) is 0. The van der Waals surface area contributed by atoms with Gasteiger partial charge >= 0.3 is 0 Å². The molecule has 110 valence electrons. The maximum Gasteiger partial charge on any atom is 0.237 e. The summed E-state index contributed by atoms with van der Waals surface area (Å²) in [6, 6.07) is 0. The van der Waals surface area contributed by atoms with Gasteiger partial charge in [-0.15, -0.1) is 0 Å². The van der Waals surface area contributed by atoms with E-state index in [-0.39, 0.29) is 24.1 Å². The van der Waals surface area contributed by atoms with Crippen LogP contribution in [0.15, 0.2) is 0 Å². The number of amides is 1. The molecule has 19 heavy (non-hydrogen) atoms. The molecule has 2 aliphatic rings. The molecule has 0 spiro atoms. The highest BCUT2D eigenvalue weighted by atomic mass is 32.2. The Hall–Kier alpha value is -0.660. The number of rotatable bonds is 3. The van der Waals surface area contributed by atoms with Gasteiger partial charge in [0, 0.05) is 20.1 Å². The van der Waals surface area contributed by atoms with Crippen LogP contribution < -0.4 is 5.32 Å². The Balaban J connectivity index is 1.99. The summed E-state index contributed by atoms with van der Waals surface area (Å²) < 4.78 is 26.2. The number of hydrogen-bond donors (Lipinski definition) is 1. The van der Waals surface area contributed by atoms with Crippen molar-refractivity contribution in [1.29, 1.82) is 0 Å². The van der Waals surface area contributed by atoms with Gasteiger partial charge in [-0.25, -0.2) is 8.42 Å². The fourth-order valence-corrected chi connectivity index (χ4v) is 4.50. The third-order valence-electron chi connectivity index (χ3n) is 3.94. The van der Waals surface area contributed by atoms with Crippen molar-refractivity contribution in [3.8, 4) is 0 Å². The van der Waals surface area contributed by atoms with Crippen LogP contribution in [0.1, 0.15) is 19.3 Å². The quantitative estimate of drug-likeness (QED) is 0.759. The first kappa shape index (κ1) is 14.7. The average Bonchev–Trinajstić information content (AvgIpc) is 2.53. The molecule has 0 aromatic heterocycles. The molecule has 1 amide bonds. The molecular formula is C12H23N3O3S. The van der Waals surface area contributed by atoms with Gasteiger partial charge in [-0.2, -0.15) is 4.31 Å². The minimum Gasteiger partial charge on any atom is -0.345 e. The zero-order chi connectivity index (χ0) is 13.9. The van der Waals surface area contributed by atoms with Gasteiger partial charge in [0.05, 0.1) is 12.3 Å². The van der Waals surface area contributed by atoms with Crippen LogP contribution in [0.25, 0.3) is 0 Å². The van der Waals surface area contributed by atoms with Gasteiger partial charge in [0.15, 0.2) is 0 Å². The Morgan fingerprint density at radius 1 is 1.26 bits per heavy atom. The van der Waals surface area contributed by atoms with Crippen molar-refractivity contribution in [2.75, 3.05) is 45.5 Å². The lowest BCUT2D eigenvalue weighted by molar-refractivity contribution is -0.129. The molecule has 0 aromatic rings. The molecule has 2 rings (SSSR count). The lowest BCUT2D eigenvalue weighted by Gasteiger charge is -2.26. The Labute approximate surface area is 115 Å². The molecule has 0 atom stereocenters. The highest BCUT2D eigenvalue weighted by Gasteiger charge is 2.30. The highest BCUT2D eigenvalue weighted by molar-refractivity contribution is 7.89. The van der Waals surface area contributed by atoms with Crippen molar-refractivity contribution in [2.24, 2.45) is 5.92 Å². The summed E-state index contributed by atoms with van der Waals surface area (Å²) in [6.45, 7) is 2.88. The average molecular weight is 289 g/mol. The molecule has 0 unspecified atom stereocenters. The standard InChI is InChI=1S/C12H23N3O3S/c1-14-7-2-8-15(9-12(14)16)19(17,18)10-11-3-5-13-6-4-11/h11,13H,2-10H2,1H3. The topological polar surface area (TPSA) is 69.7 Å². The number of hydrogen-bond acceptors (Lipinski definition) is 4. The molecule has 2 heterocycles. The van der Waals surface area contributed by atoms with Gasteiger partial charge < -0.3 is 10.2 Å². The summed E-state index contributed by atoms with van der Waals surface area (Å²) in [5.74, 6) is 0.305. The monoisotopic (exact) mass is 289 g/mol. The largest absolute Gasteiger partial charge is 0.345 e. The van der Waals surface area contributed by atoms with E-state index in [1.54, 1.807) is 11.9 Å². The summed E-state index contributed by atoms with van der Waals surface area (Å²) >= 11 is 0. The first-order chi connectivity index (χ1) is 8.99. The summed E-state index contributed by atoms with van der Waals surface area (Å²) in [5, 5.41) is 3.23. The first-order valence-electron chi connectivity index (χ1n) is 6.91. The third kappa shape index (κ3) is 3.90. The molecule has 2 saturated heterocycles. The van der Waals surface area contributed by atoms with Crippen molar-refractivity contribution >= 4 is 15.9 Å². The van der Waals surface area contributed by atoms with Gasteiger partial charge in [-0.3, -0.25) is 4.79 Å². The predicted molar refractivity (Wildman–Crippen MR) is 73.2 cm³/mol. The SMILES string of the molecule is CN1CCCN(S(=O)(=O)CC2CCNCC2)CC1=O. The molecule has 7 heteroatoms. The van der Waals surface area contributed by atoms with Gasteiger partial charge in [-0.1, -0.05) is 0 Å². The van der Waals surface area contributed by atoms with Crippen LogP contribution in [-0.2, 0) is 14.8 Å². The van der Waals surface area contributed by atoms with Gasteiger partial charge in [-0.05, 0) is 38.3 Å². The third-order valence-corrected chi connectivity index (χ3v) is 5.93. The molecule has 2 aliphatic heterocycles. The van der Waals surface area contributed by atoms with Crippen LogP contribution in [0, 0.1) is 5.92 Å². The van der Waals surface area contributed by atoms with E-state index in [1.165, 1.54) is 4.31 Å². The second-order valence-corrected chi connectivity index (χ2v) is 7.49. The smallest absolute Gasteiger partial charge is 0.237 e. The Morgan fingerprint density at radius 3 is 2.63 bits per heavy atom. The Morgan fingerprint density at radius 2 is 1.95 bits per heavy atom. The van der Waals surface area contributed by atoms with E-state index < -0.39 is 10.0 Å². The van der Waals surface area contributed by atoms with Crippen LogP contribution in [-0.4, -0.2) is 69.1 Å². The van der Waals surface area contributed by atoms with Crippen LogP contribution in [0.3, 0.4) is 0 Å². The summed E-state index contributed by atoms with van der Waals surface area (Å²) in [4.78, 5) is 13.4. The molecule has 0 aliphatic carbocycles. The second-order valence-electron chi connectivity index (χ2n) is 5.47.